The van der Waals surface area contributed by atoms with E-state index in [2.05, 4.69) is 17.1 Å². The number of halogens is 5. The number of benzene rings is 2. The average Bonchev–Trinajstić information content (AvgIpc) is 3.25. The van der Waals surface area contributed by atoms with Crippen LogP contribution in [0.5, 0.6) is 0 Å². The van der Waals surface area contributed by atoms with E-state index in [9.17, 15) is 30.4 Å². The molecule has 34 heavy (non-hydrogen) atoms. The Morgan fingerprint density at radius 2 is 1.32 bits per heavy atom. The number of aromatic nitrogens is 1. The second-order valence-corrected chi connectivity index (χ2v) is 10.8. The predicted molar refractivity (Wildman–Crippen MR) is 119 cm³/mol. The van der Waals surface area contributed by atoms with Gasteiger partial charge in [-0.2, -0.15) is 4.31 Å². The molecule has 0 radical (unpaired) electrons. The van der Waals surface area contributed by atoms with Crippen molar-refractivity contribution in [2.24, 2.45) is 0 Å². The summed E-state index contributed by atoms with van der Waals surface area (Å²) in [6.45, 7) is 5.85. The van der Waals surface area contributed by atoms with Crippen molar-refractivity contribution >= 4 is 26.5 Å². The normalized spacial score (nSPS) is 15.2. The standard InChI is InChI=1S/C22H20F5N3O2S2/c1-11-8-12(2)15(13(3)9-11)14-10-33-22(28-14)29-4-6-30(7-5-29)34(31,32)21-19(26)17(24)16(23)18(25)20(21)27/h8-10H,4-7H2,1-3H3. The molecule has 1 saturated heterocycles. The van der Waals surface area contributed by atoms with E-state index in [0.717, 1.165) is 27.9 Å². The molecule has 1 fully saturated rings. The Morgan fingerprint density at radius 3 is 1.85 bits per heavy atom. The van der Waals surface area contributed by atoms with Gasteiger partial charge in [-0.05, 0) is 31.9 Å². The first-order valence-corrected chi connectivity index (χ1v) is 12.6. The number of piperazine rings is 1. The van der Waals surface area contributed by atoms with Crippen LogP contribution in [-0.2, 0) is 10.0 Å². The lowest BCUT2D eigenvalue weighted by atomic mass is 9.98. The van der Waals surface area contributed by atoms with Crippen LogP contribution in [0.1, 0.15) is 16.7 Å². The van der Waals surface area contributed by atoms with Crippen molar-refractivity contribution in [3.05, 3.63) is 63.3 Å². The lowest BCUT2D eigenvalue weighted by molar-refractivity contribution is 0.344. The highest BCUT2D eigenvalue weighted by Crippen LogP contribution is 2.34. The summed E-state index contributed by atoms with van der Waals surface area (Å²) in [5, 5.41) is 2.54. The van der Waals surface area contributed by atoms with Crippen molar-refractivity contribution in [3.63, 3.8) is 0 Å². The summed E-state index contributed by atoms with van der Waals surface area (Å²) < 4.78 is 94.8. The minimum Gasteiger partial charge on any atom is -0.345 e. The van der Waals surface area contributed by atoms with Gasteiger partial charge in [0.2, 0.25) is 15.8 Å². The maximum Gasteiger partial charge on any atom is 0.249 e. The van der Waals surface area contributed by atoms with Gasteiger partial charge in [0.05, 0.1) is 5.69 Å². The van der Waals surface area contributed by atoms with E-state index in [1.54, 1.807) is 0 Å². The van der Waals surface area contributed by atoms with Crippen LogP contribution in [0.2, 0.25) is 0 Å². The Morgan fingerprint density at radius 1 is 0.824 bits per heavy atom. The van der Waals surface area contributed by atoms with Crippen molar-refractivity contribution in [1.82, 2.24) is 9.29 Å². The monoisotopic (exact) mass is 517 g/mol. The van der Waals surface area contributed by atoms with Crippen molar-refractivity contribution in [1.29, 1.82) is 0 Å². The van der Waals surface area contributed by atoms with E-state index in [0.29, 0.717) is 9.44 Å². The lowest BCUT2D eigenvalue weighted by Gasteiger charge is -2.33. The van der Waals surface area contributed by atoms with Crippen molar-refractivity contribution in [3.8, 4) is 11.3 Å². The van der Waals surface area contributed by atoms with Crippen molar-refractivity contribution < 1.29 is 30.4 Å². The zero-order chi connectivity index (χ0) is 24.9. The molecule has 2 aromatic carbocycles. The van der Waals surface area contributed by atoms with E-state index in [-0.39, 0.29) is 26.2 Å². The fourth-order valence-electron chi connectivity index (χ4n) is 4.17. The molecule has 3 aromatic rings. The first-order chi connectivity index (χ1) is 15.9. The number of sulfonamides is 1. The van der Waals surface area contributed by atoms with Crippen LogP contribution in [-0.4, -0.2) is 43.9 Å². The van der Waals surface area contributed by atoms with Crippen LogP contribution in [0.3, 0.4) is 0 Å². The van der Waals surface area contributed by atoms with Gasteiger partial charge < -0.3 is 4.90 Å². The van der Waals surface area contributed by atoms with Gasteiger partial charge in [0.15, 0.2) is 33.3 Å². The maximum atomic E-state index is 14.1. The molecule has 0 saturated carbocycles. The van der Waals surface area contributed by atoms with Crippen LogP contribution in [0, 0.1) is 49.9 Å². The molecule has 5 nitrogen and oxygen atoms in total. The molecule has 2 heterocycles. The van der Waals surface area contributed by atoms with Crippen LogP contribution >= 0.6 is 11.3 Å². The highest BCUT2D eigenvalue weighted by molar-refractivity contribution is 7.89. The van der Waals surface area contributed by atoms with Gasteiger partial charge in [-0.3, -0.25) is 0 Å². The smallest absolute Gasteiger partial charge is 0.249 e. The molecule has 1 aliphatic heterocycles. The van der Waals surface area contributed by atoms with Crippen molar-refractivity contribution in [2.45, 2.75) is 25.7 Å². The van der Waals surface area contributed by atoms with Gasteiger partial charge in [0.1, 0.15) is 0 Å². The molecule has 4 rings (SSSR count). The summed E-state index contributed by atoms with van der Waals surface area (Å²) in [6.07, 6.45) is 0. The molecule has 0 bridgehead atoms. The number of thiazole rings is 1. The number of anilines is 1. The second kappa shape index (κ2) is 8.90. The van der Waals surface area contributed by atoms with Crippen molar-refractivity contribution in [2.75, 3.05) is 31.1 Å². The zero-order valence-corrected chi connectivity index (χ0v) is 20.1. The predicted octanol–water partition coefficient (Wildman–Crippen LogP) is 4.94. The van der Waals surface area contributed by atoms with Crippen LogP contribution in [0.15, 0.2) is 22.4 Å². The largest absolute Gasteiger partial charge is 0.345 e. The molecule has 0 atom stereocenters. The molecular weight excluding hydrogens is 497 g/mol. The summed E-state index contributed by atoms with van der Waals surface area (Å²) in [5.41, 5.74) is 5.09. The van der Waals surface area contributed by atoms with Gasteiger partial charge in [0.25, 0.3) is 0 Å². The van der Waals surface area contributed by atoms with E-state index in [1.807, 2.05) is 31.1 Å². The van der Waals surface area contributed by atoms with E-state index in [1.165, 1.54) is 11.3 Å². The Balaban J connectivity index is 1.55. The van der Waals surface area contributed by atoms with E-state index in [4.69, 9.17) is 0 Å². The third-order valence-electron chi connectivity index (χ3n) is 5.70. The van der Waals surface area contributed by atoms with E-state index < -0.39 is 44.0 Å². The van der Waals surface area contributed by atoms with Gasteiger partial charge in [0, 0.05) is 37.1 Å². The molecular formula is C22H20F5N3O2S2. The third kappa shape index (κ3) is 4.07. The van der Waals surface area contributed by atoms with Gasteiger partial charge in [-0.1, -0.05) is 17.7 Å². The number of rotatable bonds is 4. The number of aryl methyl sites for hydroxylation is 3. The average molecular weight is 518 g/mol. The summed E-state index contributed by atoms with van der Waals surface area (Å²) in [4.78, 5) is 4.66. The topological polar surface area (TPSA) is 53.5 Å². The summed E-state index contributed by atoms with van der Waals surface area (Å²) >= 11 is 1.37. The highest BCUT2D eigenvalue weighted by Gasteiger charge is 2.38. The SMILES string of the molecule is Cc1cc(C)c(-c2csc(N3CCN(S(=O)(=O)c4c(F)c(F)c(F)c(F)c4F)CC3)n2)c(C)c1. The Kier molecular flexibility index (Phi) is 6.42. The second-order valence-electron chi connectivity index (χ2n) is 8.08. The lowest BCUT2D eigenvalue weighted by Crippen LogP contribution is -2.49. The van der Waals surface area contributed by atoms with Gasteiger partial charge >= 0.3 is 0 Å². The third-order valence-corrected chi connectivity index (χ3v) is 8.52. The molecule has 0 aliphatic carbocycles. The van der Waals surface area contributed by atoms with Crippen LogP contribution in [0.25, 0.3) is 11.3 Å². The molecule has 0 amide bonds. The number of hydrogen-bond donors (Lipinski definition) is 0. The first kappa shape index (κ1) is 24.6. The molecule has 0 spiro atoms. The summed E-state index contributed by atoms with van der Waals surface area (Å²) in [7, 11) is -4.95. The fourth-order valence-corrected chi connectivity index (χ4v) is 6.57. The molecule has 182 valence electrons. The van der Waals surface area contributed by atoms with Crippen LogP contribution < -0.4 is 4.90 Å². The minimum atomic E-state index is -4.95. The Bertz CT molecular complexity index is 1330. The molecule has 0 N–H and O–H groups in total. The fraction of sp³-hybridized carbons (Fsp3) is 0.318. The first-order valence-electron chi connectivity index (χ1n) is 10.2. The van der Waals surface area contributed by atoms with Crippen LogP contribution in [0.4, 0.5) is 27.1 Å². The Labute approximate surface area is 197 Å². The summed E-state index contributed by atoms with van der Waals surface area (Å²) in [5.74, 6) is -11.7. The molecule has 1 aliphatic rings. The zero-order valence-electron chi connectivity index (χ0n) is 18.4. The Hall–Kier alpha value is -2.57. The van der Waals surface area contributed by atoms with Gasteiger partial charge in [-0.25, -0.2) is 35.4 Å². The highest BCUT2D eigenvalue weighted by atomic mass is 32.2. The molecule has 1 aromatic heterocycles. The minimum absolute atomic E-state index is 0.132. The molecule has 12 heteroatoms. The number of hydrogen-bond acceptors (Lipinski definition) is 5. The summed E-state index contributed by atoms with van der Waals surface area (Å²) in [6, 6.07) is 4.12. The maximum absolute atomic E-state index is 14.1. The van der Waals surface area contributed by atoms with E-state index >= 15 is 0 Å². The van der Waals surface area contributed by atoms with Gasteiger partial charge in [-0.15, -0.1) is 11.3 Å². The quantitative estimate of drug-likeness (QED) is 0.280. The number of nitrogens with zero attached hydrogens (tertiary/aromatic N) is 3. The molecule has 0 unspecified atom stereocenters.